The minimum Gasteiger partial charge on any atom is -0.352 e. The quantitative estimate of drug-likeness (QED) is 0.299. The molecule has 0 unspecified atom stereocenters. The van der Waals surface area contributed by atoms with E-state index in [9.17, 15) is 18.0 Å². The Bertz CT molecular complexity index is 1370. The molecular formula is C27H28BrCl2N3O4S. The van der Waals surface area contributed by atoms with Crippen LogP contribution < -0.4 is 9.62 Å². The predicted octanol–water partition coefficient (Wildman–Crippen LogP) is 5.89. The fraction of sp³-hybridized carbons (Fsp3) is 0.259. The molecule has 0 fully saturated rings. The Morgan fingerprint density at radius 1 is 0.921 bits per heavy atom. The number of anilines is 1. The van der Waals surface area contributed by atoms with Gasteiger partial charge in [0, 0.05) is 27.1 Å². The summed E-state index contributed by atoms with van der Waals surface area (Å²) in [5.41, 5.74) is 0.900. The number of hydrogen-bond donors (Lipinski definition) is 1. The zero-order chi connectivity index (χ0) is 28.0. The van der Waals surface area contributed by atoms with Crippen molar-refractivity contribution in [2.24, 2.45) is 0 Å². The third-order valence-corrected chi connectivity index (χ3v) is 8.36. The Kier molecular flexibility index (Phi) is 10.2. The van der Waals surface area contributed by atoms with Crippen LogP contribution in [-0.4, -0.2) is 43.8 Å². The van der Waals surface area contributed by atoms with Crippen LogP contribution in [0.2, 0.25) is 10.0 Å². The molecule has 0 aromatic heterocycles. The number of nitrogens with zero attached hydrogens (tertiary/aromatic N) is 2. The van der Waals surface area contributed by atoms with Crippen molar-refractivity contribution in [2.45, 2.75) is 44.3 Å². The third-order valence-electron chi connectivity index (χ3n) is 5.61. The molecule has 0 bridgehead atoms. The van der Waals surface area contributed by atoms with Crippen LogP contribution in [-0.2, 0) is 26.2 Å². The molecule has 0 spiro atoms. The number of halogens is 3. The Hall–Kier alpha value is -2.59. The highest BCUT2D eigenvalue weighted by molar-refractivity contribution is 9.10. The van der Waals surface area contributed by atoms with Crippen molar-refractivity contribution in [1.29, 1.82) is 0 Å². The van der Waals surface area contributed by atoms with Gasteiger partial charge >= 0.3 is 0 Å². The van der Waals surface area contributed by atoms with Gasteiger partial charge in [0.15, 0.2) is 0 Å². The van der Waals surface area contributed by atoms with Crippen molar-refractivity contribution in [3.8, 4) is 0 Å². The van der Waals surface area contributed by atoms with Crippen LogP contribution in [0, 0.1) is 0 Å². The monoisotopic (exact) mass is 639 g/mol. The second kappa shape index (κ2) is 13.0. The molecule has 3 aromatic carbocycles. The molecular weight excluding hydrogens is 613 g/mol. The number of amides is 2. The van der Waals surface area contributed by atoms with Crippen LogP contribution in [0.4, 0.5) is 5.69 Å². The van der Waals surface area contributed by atoms with E-state index in [4.69, 9.17) is 23.2 Å². The Labute approximate surface area is 241 Å². The number of carbonyl (C=O) groups is 2. The number of carbonyl (C=O) groups excluding carboxylic acids is 2. The first-order valence-electron chi connectivity index (χ1n) is 11.8. The van der Waals surface area contributed by atoms with Crippen molar-refractivity contribution in [2.75, 3.05) is 10.8 Å². The van der Waals surface area contributed by atoms with Gasteiger partial charge in [-0.15, -0.1) is 0 Å². The summed E-state index contributed by atoms with van der Waals surface area (Å²) in [5.74, 6) is -0.927. The summed E-state index contributed by atoms with van der Waals surface area (Å²) in [6.45, 7) is 4.77. The molecule has 0 saturated heterocycles. The normalized spacial score (nSPS) is 12.2. The number of benzene rings is 3. The third kappa shape index (κ3) is 7.72. The van der Waals surface area contributed by atoms with Crippen molar-refractivity contribution in [3.63, 3.8) is 0 Å². The zero-order valence-corrected chi connectivity index (χ0v) is 25.0. The summed E-state index contributed by atoms with van der Waals surface area (Å²) < 4.78 is 29.3. The van der Waals surface area contributed by atoms with E-state index in [1.54, 1.807) is 25.1 Å². The van der Waals surface area contributed by atoms with Crippen LogP contribution in [0.5, 0.6) is 0 Å². The van der Waals surface area contributed by atoms with Gasteiger partial charge in [0.25, 0.3) is 10.0 Å². The first-order chi connectivity index (χ1) is 17.9. The fourth-order valence-corrected chi connectivity index (χ4v) is 5.90. The minimum absolute atomic E-state index is 0.00560. The van der Waals surface area contributed by atoms with Gasteiger partial charge in [-0.1, -0.05) is 69.5 Å². The lowest BCUT2D eigenvalue weighted by Crippen LogP contribution is -2.52. The molecule has 2 amide bonds. The van der Waals surface area contributed by atoms with Crippen molar-refractivity contribution < 1.29 is 18.0 Å². The van der Waals surface area contributed by atoms with Gasteiger partial charge in [-0.25, -0.2) is 8.42 Å². The Morgan fingerprint density at radius 2 is 1.50 bits per heavy atom. The molecule has 1 atom stereocenters. The molecule has 11 heteroatoms. The molecule has 0 heterocycles. The minimum atomic E-state index is -4.20. The zero-order valence-electron chi connectivity index (χ0n) is 21.1. The molecule has 38 heavy (non-hydrogen) atoms. The van der Waals surface area contributed by atoms with Crippen LogP contribution in [0.3, 0.4) is 0 Å². The van der Waals surface area contributed by atoms with Crippen molar-refractivity contribution in [1.82, 2.24) is 10.2 Å². The Morgan fingerprint density at radius 3 is 2.05 bits per heavy atom. The molecule has 202 valence electrons. The highest BCUT2D eigenvalue weighted by Crippen LogP contribution is 2.30. The lowest BCUT2D eigenvalue weighted by atomic mass is 10.1. The summed E-state index contributed by atoms with van der Waals surface area (Å²) in [4.78, 5) is 28.1. The number of rotatable bonds is 10. The summed E-state index contributed by atoms with van der Waals surface area (Å²) in [6.07, 6.45) is 0. The van der Waals surface area contributed by atoms with Crippen molar-refractivity contribution in [3.05, 3.63) is 92.9 Å². The highest BCUT2D eigenvalue weighted by atomic mass is 79.9. The Balaban J connectivity index is 2.05. The maximum absolute atomic E-state index is 13.8. The predicted molar refractivity (Wildman–Crippen MR) is 155 cm³/mol. The molecule has 3 rings (SSSR count). The SMILES string of the molecule is CC(C)NC(=O)[C@@H](C)N(Cc1ccc(Br)cc1)C(=O)CN(c1cc(Cl)cc(Cl)c1)S(=O)(=O)c1ccccc1. The van der Waals surface area contributed by atoms with Crippen LogP contribution >= 0.6 is 39.1 Å². The molecule has 0 aliphatic heterocycles. The van der Waals surface area contributed by atoms with E-state index in [2.05, 4.69) is 21.2 Å². The molecule has 0 saturated carbocycles. The van der Waals surface area contributed by atoms with Crippen LogP contribution in [0.1, 0.15) is 26.3 Å². The summed E-state index contributed by atoms with van der Waals surface area (Å²) >= 11 is 15.8. The summed E-state index contributed by atoms with van der Waals surface area (Å²) in [5, 5.41) is 3.25. The van der Waals surface area contributed by atoms with Gasteiger partial charge in [-0.2, -0.15) is 0 Å². The van der Waals surface area contributed by atoms with Crippen LogP contribution in [0.25, 0.3) is 0 Å². The van der Waals surface area contributed by atoms with Gasteiger partial charge < -0.3 is 10.2 Å². The second-order valence-electron chi connectivity index (χ2n) is 8.94. The van der Waals surface area contributed by atoms with E-state index in [0.29, 0.717) is 0 Å². The molecule has 1 N–H and O–H groups in total. The van der Waals surface area contributed by atoms with Crippen LogP contribution in [0.15, 0.2) is 82.2 Å². The van der Waals surface area contributed by atoms with E-state index in [0.717, 1.165) is 14.3 Å². The number of hydrogen-bond acceptors (Lipinski definition) is 4. The number of nitrogens with one attached hydrogen (secondary N) is 1. The lowest BCUT2D eigenvalue weighted by molar-refractivity contribution is -0.139. The second-order valence-corrected chi connectivity index (χ2v) is 12.6. The first kappa shape index (κ1) is 30.0. The van der Waals surface area contributed by atoms with Crippen molar-refractivity contribution >= 4 is 66.7 Å². The topological polar surface area (TPSA) is 86.8 Å². The molecule has 3 aromatic rings. The molecule has 0 aliphatic carbocycles. The number of sulfonamides is 1. The summed E-state index contributed by atoms with van der Waals surface area (Å²) in [6, 6.07) is 18.4. The van der Waals surface area contributed by atoms with Gasteiger partial charge in [-0.05, 0) is 68.8 Å². The smallest absolute Gasteiger partial charge is 0.264 e. The average Bonchev–Trinajstić information content (AvgIpc) is 2.85. The van der Waals surface area contributed by atoms with Gasteiger partial charge in [-0.3, -0.25) is 13.9 Å². The summed E-state index contributed by atoms with van der Waals surface area (Å²) in [7, 11) is -4.20. The van der Waals surface area contributed by atoms with Gasteiger partial charge in [0.1, 0.15) is 12.6 Å². The molecule has 0 radical (unpaired) electrons. The van der Waals surface area contributed by atoms with Gasteiger partial charge in [0.2, 0.25) is 11.8 Å². The maximum atomic E-state index is 13.8. The van der Waals surface area contributed by atoms with E-state index in [1.165, 1.54) is 35.2 Å². The highest BCUT2D eigenvalue weighted by Gasteiger charge is 2.33. The van der Waals surface area contributed by atoms with E-state index in [-0.39, 0.29) is 39.1 Å². The van der Waals surface area contributed by atoms with E-state index < -0.39 is 28.5 Å². The van der Waals surface area contributed by atoms with E-state index in [1.807, 2.05) is 38.1 Å². The molecule has 0 aliphatic rings. The molecule has 7 nitrogen and oxygen atoms in total. The standard InChI is InChI=1S/C27H28BrCl2N3O4S/c1-18(2)31-27(35)19(3)32(16-20-9-11-21(28)12-10-20)26(34)17-33(24-14-22(29)13-23(30)15-24)38(36,37)25-7-5-4-6-8-25/h4-15,18-19H,16-17H2,1-3H3,(H,31,35)/t19-/m1/s1. The maximum Gasteiger partial charge on any atom is 0.264 e. The lowest BCUT2D eigenvalue weighted by Gasteiger charge is -2.32. The van der Waals surface area contributed by atoms with E-state index >= 15 is 0 Å². The fourth-order valence-electron chi connectivity index (χ4n) is 3.71. The first-order valence-corrected chi connectivity index (χ1v) is 14.8. The van der Waals surface area contributed by atoms with Gasteiger partial charge in [0.05, 0.1) is 10.6 Å². The largest absolute Gasteiger partial charge is 0.352 e. The average molecular weight is 641 g/mol.